The van der Waals surface area contributed by atoms with E-state index in [9.17, 15) is 29.1 Å². The summed E-state index contributed by atoms with van der Waals surface area (Å²) in [5, 5.41) is 20.7. The highest BCUT2D eigenvalue weighted by molar-refractivity contribution is 6.10. The van der Waals surface area contributed by atoms with Crippen molar-refractivity contribution >= 4 is 52.4 Å². The van der Waals surface area contributed by atoms with E-state index in [0.29, 0.717) is 84.3 Å². The maximum Gasteiger partial charge on any atom is 0.261 e. The van der Waals surface area contributed by atoms with E-state index in [4.69, 9.17) is 14.5 Å². The molecular formula is C45H52N10O8. The van der Waals surface area contributed by atoms with Gasteiger partial charge < -0.3 is 34.6 Å². The summed E-state index contributed by atoms with van der Waals surface area (Å²) in [6, 6.07) is 10.9. The minimum absolute atomic E-state index is 0.0223. The Hall–Kier alpha value is -6.11. The number of carbonyl (C=O) groups is 5. The Labute approximate surface area is 364 Å². The first-order chi connectivity index (χ1) is 30.4. The lowest BCUT2D eigenvalue weighted by molar-refractivity contribution is -0.139. The average molecular weight is 861 g/mol. The van der Waals surface area contributed by atoms with E-state index in [0.717, 1.165) is 55.8 Å². The third-order valence-electron chi connectivity index (χ3n) is 13.7. The maximum absolute atomic E-state index is 14.0. The molecule has 63 heavy (non-hydrogen) atoms. The molecule has 4 aromatic rings. The first-order valence-electron chi connectivity index (χ1n) is 22.0. The number of nitrogens with one attached hydrogen (secondary N) is 2. The lowest BCUT2D eigenvalue weighted by Gasteiger charge is -2.49. The number of ether oxygens (including phenoxy) is 2. The van der Waals surface area contributed by atoms with Crippen LogP contribution in [0, 0.1) is 0 Å². The van der Waals surface area contributed by atoms with Gasteiger partial charge in [-0.1, -0.05) is 6.07 Å². The smallest absolute Gasteiger partial charge is 0.261 e. The highest BCUT2D eigenvalue weighted by Gasteiger charge is 2.45. The molecule has 3 saturated heterocycles. The van der Waals surface area contributed by atoms with Crippen molar-refractivity contribution in [1.82, 2.24) is 34.6 Å². The monoisotopic (exact) mass is 860 g/mol. The van der Waals surface area contributed by atoms with Crippen LogP contribution in [-0.4, -0.2) is 141 Å². The molecule has 10 rings (SSSR count). The normalized spacial score (nSPS) is 24.0. The summed E-state index contributed by atoms with van der Waals surface area (Å²) < 4.78 is 13.3. The molecule has 7 heterocycles. The molecule has 18 heteroatoms. The zero-order chi connectivity index (χ0) is 43.7. The highest BCUT2D eigenvalue weighted by Crippen LogP contribution is 2.40. The number of rotatable bonds is 10. The molecular weight excluding hydrogens is 809 g/mol. The summed E-state index contributed by atoms with van der Waals surface area (Å²) in [4.78, 5) is 80.3. The van der Waals surface area contributed by atoms with Gasteiger partial charge in [0.05, 0.1) is 31.2 Å². The van der Waals surface area contributed by atoms with Crippen molar-refractivity contribution in [1.29, 1.82) is 0 Å². The van der Waals surface area contributed by atoms with Crippen LogP contribution in [0.1, 0.15) is 101 Å². The molecule has 3 N–H and O–H groups in total. The number of hydrogen-bond acceptors (Lipinski definition) is 13. The van der Waals surface area contributed by atoms with Gasteiger partial charge >= 0.3 is 0 Å². The van der Waals surface area contributed by atoms with Gasteiger partial charge in [0.15, 0.2) is 11.9 Å². The molecule has 2 atom stereocenters. The van der Waals surface area contributed by atoms with Crippen molar-refractivity contribution < 1.29 is 38.6 Å². The second kappa shape index (κ2) is 16.2. The number of benzene rings is 2. The minimum Gasteiger partial charge on any atom is -0.489 e. The van der Waals surface area contributed by atoms with Crippen LogP contribution in [0.2, 0.25) is 0 Å². The van der Waals surface area contributed by atoms with Crippen LogP contribution in [0.25, 0.3) is 5.65 Å². The second-order valence-electron chi connectivity index (χ2n) is 17.8. The van der Waals surface area contributed by atoms with Crippen molar-refractivity contribution in [2.24, 2.45) is 0 Å². The van der Waals surface area contributed by atoms with E-state index >= 15 is 0 Å². The Morgan fingerprint density at radius 3 is 2.48 bits per heavy atom. The number of piperidine rings is 1. The molecule has 0 radical (unpaired) electrons. The van der Waals surface area contributed by atoms with Crippen LogP contribution in [0.5, 0.6) is 5.75 Å². The Morgan fingerprint density at radius 1 is 0.952 bits per heavy atom. The van der Waals surface area contributed by atoms with E-state index in [1.165, 1.54) is 11.1 Å². The number of aromatic nitrogens is 3. The first kappa shape index (κ1) is 40.9. The Balaban J connectivity index is 0.759. The molecule has 4 fully saturated rings. The zero-order valence-corrected chi connectivity index (χ0v) is 35.7. The predicted octanol–water partition coefficient (Wildman–Crippen LogP) is 2.94. The average Bonchev–Trinajstić information content (AvgIpc) is 3.91. The Bertz CT molecular complexity index is 2510. The van der Waals surface area contributed by atoms with Crippen LogP contribution in [0.3, 0.4) is 0 Å². The van der Waals surface area contributed by atoms with E-state index in [1.807, 2.05) is 36.9 Å². The van der Waals surface area contributed by atoms with Crippen LogP contribution in [0.15, 0.2) is 48.8 Å². The predicted molar refractivity (Wildman–Crippen MR) is 230 cm³/mol. The fourth-order valence-electron chi connectivity index (χ4n) is 10.1. The van der Waals surface area contributed by atoms with Gasteiger partial charge in [0.1, 0.15) is 23.2 Å². The standard InChI is InChI=1S/C45H52N10O8/c1-25(2)63-37-20-32-26(18-35(37)47-41(57)34-21-46-54-13-12-38(48-40(34)54)51-14-16-62-17-15-51)22-53(43(32)59)28-6-4-27(5-7-28)50(3)30-23-52(24-30)29-8-9-31-33(19-29)45(61)55(44(31)60)36-10-11-39(56)49-42(36)58/h8-9,12-13,18-21,25,27-28,30,36,44,60H,4-7,10-11,14-17,22-24H2,1-3H3,(H,47,57)(H,49,56,58)/t27-,28-,36?,44?. The molecule has 330 valence electrons. The highest BCUT2D eigenvalue weighted by atomic mass is 16.5. The number of aliphatic hydroxyl groups is 1. The summed E-state index contributed by atoms with van der Waals surface area (Å²) >= 11 is 0. The third kappa shape index (κ3) is 7.42. The number of imide groups is 1. The van der Waals surface area contributed by atoms with Crippen molar-refractivity contribution in [2.45, 2.75) is 95.4 Å². The topological polar surface area (TPSA) is 194 Å². The number of nitrogens with zero attached hydrogens (tertiary/aromatic N) is 8. The fraction of sp³-hybridized carbons (Fsp3) is 0.489. The van der Waals surface area contributed by atoms with Gasteiger partial charge in [0.25, 0.3) is 17.7 Å². The van der Waals surface area contributed by atoms with Crippen LogP contribution < -0.4 is 25.2 Å². The minimum atomic E-state index is -1.24. The van der Waals surface area contributed by atoms with Crippen molar-refractivity contribution in [3.63, 3.8) is 0 Å². The summed E-state index contributed by atoms with van der Waals surface area (Å²) in [6.45, 7) is 8.50. The number of fused-ring (bicyclic) bond motifs is 3. The molecule has 1 aliphatic carbocycles. The first-order valence-corrected chi connectivity index (χ1v) is 22.0. The van der Waals surface area contributed by atoms with Gasteiger partial charge in [-0.15, -0.1) is 0 Å². The fourth-order valence-corrected chi connectivity index (χ4v) is 10.1. The molecule has 2 aromatic heterocycles. The van der Waals surface area contributed by atoms with Crippen molar-refractivity contribution in [3.05, 3.63) is 76.6 Å². The Morgan fingerprint density at radius 2 is 1.73 bits per heavy atom. The summed E-state index contributed by atoms with van der Waals surface area (Å²) in [5.41, 5.74) is 4.43. The van der Waals surface area contributed by atoms with Crippen molar-refractivity contribution in [2.75, 3.05) is 61.6 Å². The quantitative estimate of drug-likeness (QED) is 0.197. The molecule has 2 aromatic carbocycles. The largest absolute Gasteiger partial charge is 0.489 e. The molecule has 1 saturated carbocycles. The maximum atomic E-state index is 14.0. The number of carbonyl (C=O) groups excluding carboxylic acids is 5. The van der Waals surface area contributed by atoms with E-state index in [-0.39, 0.29) is 42.7 Å². The van der Waals surface area contributed by atoms with Gasteiger partial charge in [-0.3, -0.25) is 39.1 Å². The lowest BCUT2D eigenvalue weighted by atomic mass is 9.88. The van der Waals surface area contributed by atoms with Crippen LogP contribution in [-0.2, 0) is 20.9 Å². The van der Waals surface area contributed by atoms with Crippen LogP contribution >= 0.6 is 0 Å². The number of morpholine rings is 1. The van der Waals surface area contributed by atoms with E-state index in [1.54, 1.807) is 28.9 Å². The molecule has 6 aliphatic rings. The number of likely N-dealkylation sites (N-methyl/N-ethyl adjacent to an activating group) is 1. The van der Waals surface area contributed by atoms with Crippen molar-refractivity contribution in [3.8, 4) is 5.75 Å². The van der Waals surface area contributed by atoms with Gasteiger partial charge in [-0.25, -0.2) is 9.50 Å². The molecule has 5 aliphatic heterocycles. The number of hydrogen-bond donors (Lipinski definition) is 3. The van der Waals surface area contributed by atoms with Gasteiger partial charge in [-0.05, 0) is 88.9 Å². The number of amides is 5. The Kier molecular flexibility index (Phi) is 10.5. The van der Waals surface area contributed by atoms with Gasteiger partial charge in [0.2, 0.25) is 11.8 Å². The number of anilines is 3. The molecule has 0 spiro atoms. The SMILES string of the molecule is CC(C)Oc1cc2c(cc1NC(=O)c1cnn3ccc(N4CCOCC4)nc13)CN([C@H]1CC[C@H](N(C)C3CN(c4ccc5c(c4)C(=O)N(C4CCC(=O)NC4=O)C5O)C3)CC1)C2=O. The molecule has 2 unspecified atom stereocenters. The third-order valence-corrected chi connectivity index (χ3v) is 13.7. The lowest BCUT2D eigenvalue weighted by Crippen LogP contribution is -2.61. The van der Waals surface area contributed by atoms with Gasteiger partial charge in [0, 0.05) is 85.8 Å². The van der Waals surface area contributed by atoms with Gasteiger partial charge in [-0.2, -0.15) is 5.10 Å². The summed E-state index contributed by atoms with van der Waals surface area (Å²) in [6.07, 6.45) is 5.81. The zero-order valence-electron chi connectivity index (χ0n) is 35.7. The molecule has 18 nitrogen and oxygen atoms in total. The summed E-state index contributed by atoms with van der Waals surface area (Å²) in [5.74, 6) is -0.552. The van der Waals surface area contributed by atoms with E-state index < -0.39 is 24.1 Å². The molecule has 5 amide bonds. The number of aliphatic hydroxyl groups excluding tert-OH is 1. The summed E-state index contributed by atoms with van der Waals surface area (Å²) in [7, 11) is 2.17. The van der Waals surface area contributed by atoms with Crippen LogP contribution in [0.4, 0.5) is 17.2 Å². The van der Waals surface area contributed by atoms with E-state index in [2.05, 4.69) is 37.5 Å². The second-order valence-corrected chi connectivity index (χ2v) is 17.8. The molecule has 0 bridgehead atoms.